The molecule has 0 saturated heterocycles. The summed E-state index contributed by atoms with van der Waals surface area (Å²) >= 11 is 0. The molecule has 1 aromatic rings. The van der Waals surface area contributed by atoms with Gasteiger partial charge < -0.3 is 10.6 Å². The molecule has 0 atom stereocenters. The summed E-state index contributed by atoms with van der Waals surface area (Å²) in [6, 6.07) is 8.25. The highest BCUT2D eigenvalue weighted by atomic mass is 32.2. The van der Waals surface area contributed by atoms with Gasteiger partial charge >= 0.3 is 0 Å². The lowest BCUT2D eigenvalue weighted by Gasteiger charge is -2.05. The minimum Gasteiger partial charge on any atom is -0.342 e. The summed E-state index contributed by atoms with van der Waals surface area (Å²) in [4.78, 5) is 11.4. The SMILES string of the molecule is CS(=O)(=O)c1ccc(CNCC(=O)NCC#N)cc1. The molecule has 0 unspecified atom stereocenters. The second kappa shape index (κ2) is 6.87. The molecule has 0 heterocycles. The van der Waals surface area contributed by atoms with Crippen molar-refractivity contribution in [3.8, 4) is 6.07 Å². The Morgan fingerprint density at radius 1 is 1.32 bits per heavy atom. The summed E-state index contributed by atoms with van der Waals surface area (Å²) in [5, 5.41) is 13.6. The topological polar surface area (TPSA) is 99.1 Å². The van der Waals surface area contributed by atoms with Crippen LogP contribution < -0.4 is 10.6 Å². The van der Waals surface area contributed by atoms with Gasteiger partial charge in [-0.3, -0.25) is 4.79 Å². The second-order valence-corrected chi connectivity index (χ2v) is 5.97. The van der Waals surface area contributed by atoms with E-state index in [1.807, 2.05) is 6.07 Å². The molecule has 6 nitrogen and oxygen atoms in total. The first-order valence-corrected chi connectivity index (χ1v) is 7.46. The zero-order chi connectivity index (χ0) is 14.3. The van der Waals surface area contributed by atoms with E-state index in [0.717, 1.165) is 11.8 Å². The number of nitrogens with one attached hydrogen (secondary N) is 2. The molecule has 0 aliphatic carbocycles. The van der Waals surface area contributed by atoms with Crippen LogP contribution in [-0.4, -0.2) is 33.7 Å². The molecule has 19 heavy (non-hydrogen) atoms. The molecule has 0 bridgehead atoms. The van der Waals surface area contributed by atoms with Crippen LogP contribution in [0.15, 0.2) is 29.2 Å². The van der Waals surface area contributed by atoms with Crippen molar-refractivity contribution in [3.05, 3.63) is 29.8 Å². The Balaban J connectivity index is 2.43. The summed E-state index contributed by atoms with van der Waals surface area (Å²) in [6.45, 7) is 0.545. The first-order valence-electron chi connectivity index (χ1n) is 5.57. The van der Waals surface area contributed by atoms with Crippen LogP contribution in [-0.2, 0) is 21.2 Å². The van der Waals surface area contributed by atoms with Gasteiger partial charge in [0.25, 0.3) is 0 Å². The summed E-state index contributed by atoms with van der Waals surface area (Å²) in [5.74, 6) is -0.255. The molecule has 0 aliphatic rings. The maximum Gasteiger partial charge on any atom is 0.234 e. The van der Waals surface area contributed by atoms with E-state index in [1.165, 1.54) is 12.1 Å². The Morgan fingerprint density at radius 3 is 2.47 bits per heavy atom. The molecule has 0 aromatic heterocycles. The fourth-order valence-corrected chi connectivity index (χ4v) is 2.01. The van der Waals surface area contributed by atoms with Crippen LogP contribution in [0.5, 0.6) is 0 Å². The first-order chi connectivity index (χ1) is 8.93. The number of sulfone groups is 1. The van der Waals surface area contributed by atoms with Crippen molar-refractivity contribution < 1.29 is 13.2 Å². The van der Waals surface area contributed by atoms with Crippen LogP contribution >= 0.6 is 0 Å². The number of hydrogen-bond donors (Lipinski definition) is 2. The number of amides is 1. The molecule has 102 valence electrons. The molecule has 1 rings (SSSR count). The van der Waals surface area contributed by atoms with Crippen LogP contribution in [0.25, 0.3) is 0 Å². The van der Waals surface area contributed by atoms with Gasteiger partial charge in [-0.05, 0) is 17.7 Å². The molecule has 1 aromatic carbocycles. The van der Waals surface area contributed by atoms with E-state index < -0.39 is 9.84 Å². The van der Waals surface area contributed by atoms with E-state index in [-0.39, 0.29) is 23.9 Å². The van der Waals surface area contributed by atoms with Gasteiger partial charge in [0.2, 0.25) is 5.91 Å². The molecule has 0 fully saturated rings. The number of nitrogens with zero attached hydrogens (tertiary/aromatic N) is 1. The van der Waals surface area contributed by atoms with Crippen molar-refractivity contribution in [2.75, 3.05) is 19.3 Å². The maximum absolute atomic E-state index is 11.3. The van der Waals surface area contributed by atoms with Crippen molar-refractivity contribution in [2.45, 2.75) is 11.4 Å². The van der Waals surface area contributed by atoms with Crippen LogP contribution in [0.4, 0.5) is 0 Å². The van der Waals surface area contributed by atoms with Crippen LogP contribution in [0.2, 0.25) is 0 Å². The third-order valence-electron chi connectivity index (χ3n) is 2.33. The Hall–Kier alpha value is -1.91. The minimum absolute atomic E-state index is 0.0103. The van der Waals surface area contributed by atoms with Gasteiger partial charge in [0.05, 0.1) is 17.5 Å². The van der Waals surface area contributed by atoms with Gasteiger partial charge in [-0.25, -0.2) is 8.42 Å². The fourth-order valence-electron chi connectivity index (χ4n) is 1.38. The minimum atomic E-state index is -3.18. The maximum atomic E-state index is 11.3. The molecular weight excluding hydrogens is 266 g/mol. The quantitative estimate of drug-likeness (QED) is 0.705. The van der Waals surface area contributed by atoms with Crippen molar-refractivity contribution in [3.63, 3.8) is 0 Å². The molecule has 1 amide bonds. The van der Waals surface area contributed by atoms with Gasteiger partial charge in [-0.15, -0.1) is 0 Å². The predicted molar refractivity (Wildman–Crippen MR) is 69.9 cm³/mol. The lowest BCUT2D eigenvalue weighted by Crippen LogP contribution is -2.33. The first kappa shape index (κ1) is 15.1. The number of rotatable bonds is 6. The fraction of sp³-hybridized carbons (Fsp3) is 0.333. The molecular formula is C12H15N3O3S. The smallest absolute Gasteiger partial charge is 0.234 e. The summed E-state index contributed by atoms with van der Waals surface area (Å²) in [5.41, 5.74) is 0.875. The molecule has 2 N–H and O–H groups in total. The zero-order valence-corrected chi connectivity index (χ0v) is 11.3. The second-order valence-electron chi connectivity index (χ2n) is 3.95. The lowest BCUT2D eigenvalue weighted by atomic mass is 10.2. The van der Waals surface area contributed by atoms with E-state index >= 15 is 0 Å². The van der Waals surface area contributed by atoms with Crippen LogP contribution in [0.3, 0.4) is 0 Å². The predicted octanol–water partition coefficient (Wildman–Crippen LogP) is -0.181. The largest absolute Gasteiger partial charge is 0.342 e. The summed E-state index contributed by atoms with van der Waals surface area (Å²) in [7, 11) is -3.18. The van der Waals surface area contributed by atoms with Crippen molar-refractivity contribution in [2.24, 2.45) is 0 Å². The Morgan fingerprint density at radius 2 is 1.95 bits per heavy atom. The third-order valence-corrected chi connectivity index (χ3v) is 3.46. The Bertz CT molecular complexity index is 573. The highest BCUT2D eigenvalue weighted by Gasteiger charge is 2.06. The van der Waals surface area contributed by atoms with Crippen molar-refractivity contribution in [1.82, 2.24) is 10.6 Å². The van der Waals surface area contributed by atoms with Crippen LogP contribution in [0, 0.1) is 11.3 Å². The van der Waals surface area contributed by atoms with E-state index in [4.69, 9.17) is 5.26 Å². The molecule has 0 aliphatic heterocycles. The lowest BCUT2D eigenvalue weighted by molar-refractivity contribution is -0.120. The van der Waals surface area contributed by atoms with Gasteiger partial charge in [0, 0.05) is 12.8 Å². The van der Waals surface area contributed by atoms with E-state index in [1.54, 1.807) is 12.1 Å². The molecule has 0 radical (unpaired) electrons. The molecule has 0 spiro atoms. The number of carbonyl (C=O) groups excluding carboxylic acids is 1. The van der Waals surface area contributed by atoms with Gasteiger partial charge in [0.1, 0.15) is 6.54 Å². The number of nitriles is 1. The number of benzene rings is 1. The molecule has 7 heteroatoms. The zero-order valence-electron chi connectivity index (χ0n) is 10.5. The van der Waals surface area contributed by atoms with Gasteiger partial charge in [0.15, 0.2) is 9.84 Å². The third kappa shape index (κ3) is 5.50. The normalized spacial score (nSPS) is 10.7. The van der Waals surface area contributed by atoms with Gasteiger partial charge in [-0.2, -0.15) is 5.26 Å². The monoisotopic (exact) mass is 281 g/mol. The standard InChI is InChI=1S/C12H15N3O3S/c1-19(17,18)11-4-2-10(3-5-11)8-14-9-12(16)15-7-6-13/h2-5,14H,7-9H2,1H3,(H,15,16). The highest BCUT2D eigenvalue weighted by Crippen LogP contribution is 2.09. The van der Waals surface area contributed by atoms with Gasteiger partial charge in [-0.1, -0.05) is 12.1 Å². The van der Waals surface area contributed by atoms with E-state index in [2.05, 4.69) is 10.6 Å². The van der Waals surface area contributed by atoms with Crippen molar-refractivity contribution >= 4 is 15.7 Å². The number of hydrogen-bond acceptors (Lipinski definition) is 5. The van der Waals surface area contributed by atoms with Crippen LogP contribution in [0.1, 0.15) is 5.56 Å². The van der Waals surface area contributed by atoms with E-state index in [9.17, 15) is 13.2 Å². The summed E-state index contributed by atoms with van der Waals surface area (Å²) < 4.78 is 22.5. The Kier molecular flexibility index (Phi) is 5.48. The summed E-state index contributed by atoms with van der Waals surface area (Å²) in [6.07, 6.45) is 1.15. The number of carbonyl (C=O) groups is 1. The average molecular weight is 281 g/mol. The average Bonchev–Trinajstić information content (AvgIpc) is 2.36. The van der Waals surface area contributed by atoms with Crippen molar-refractivity contribution in [1.29, 1.82) is 5.26 Å². The van der Waals surface area contributed by atoms with E-state index in [0.29, 0.717) is 6.54 Å². The molecule has 0 saturated carbocycles. The Labute approximate surface area is 112 Å². The highest BCUT2D eigenvalue weighted by molar-refractivity contribution is 7.90.